The quantitative estimate of drug-likeness (QED) is 0.157. The second-order valence-electron chi connectivity index (χ2n) is 10.6. The lowest BCUT2D eigenvalue weighted by Crippen LogP contribution is -2.37. The van der Waals surface area contributed by atoms with Gasteiger partial charge in [0.15, 0.2) is 0 Å². The number of hydrogen-bond acceptors (Lipinski definition) is 9. The molecule has 3 aromatic heterocycles. The summed E-state index contributed by atoms with van der Waals surface area (Å²) in [6, 6.07) is 20.7. The molecule has 0 saturated carbocycles. The summed E-state index contributed by atoms with van der Waals surface area (Å²) in [5.41, 5.74) is 4.09. The lowest BCUT2D eigenvalue weighted by Gasteiger charge is -2.24. The van der Waals surface area contributed by atoms with Crippen molar-refractivity contribution in [1.29, 1.82) is 0 Å². The predicted octanol–water partition coefficient (Wildman–Crippen LogP) is 4.95. The first kappa shape index (κ1) is 29.9. The van der Waals surface area contributed by atoms with E-state index in [0.717, 1.165) is 68.0 Å². The molecule has 10 nitrogen and oxygen atoms in total. The number of nitrogens with one attached hydrogen (secondary N) is 2. The van der Waals surface area contributed by atoms with Gasteiger partial charge in [0.05, 0.1) is 5.69 Å². The van der Waals surface area contributed by atoms with Gasteiger partial charge in [-0.05, 0) is 62.8 Å². The molecule has 1 aliphatic heterocycles. The molecule has 0 radical (unpaired) electrons. The molecule has 0 spiro atoms. The SMILES string of the molecule is O=C(O)[C@H](CCN(CCCCc1ccc2c(n1)NCCC2)CCOc1ccccn1)Nc1cc(-c2ccccc2)ncn1. The summed E-state index contributed by atoms with van der Waals surface area (Å²) in [7, 11) is 0. The first-order valence-corrected chi connectivity index (χ1v) is 15.0. The zero-order valence-corrected chi connectivity index (χ0v) is 24.4. The lowest BCUT2D eigenvalue weighted by atomic mass is 10.1. The van der Waals surface area contributed by atoms with Crippen molar-refractivity contribution in [2.45, 2.75) is 44.6 Å². The number of nitrogens with zero attached hydrogens (tertiary/aromatic N) is 5. The molecule has 1 aromatic carbocycles. The molecule has 224 valence electrons. The molecule has 0 fully saturated rings. The molecule has 0 amide bonds. The molecule has 3 N–H and O–H groups in total. The molecular weight excluding hydrogens is 542 g/mol. The van der Waals surface area contributed by atoms with Crippen molar-refractivity contribution in [2.75, 3.05) is 43.4 Å². The molecule has 1 atom stereocenters. The van der Waals surface area contributed by atoms with Gasteiger partial charge in [-0.25, -0.2) is 24.7 Å². The number of carboxylic acid groups (broad SMARTS) is 1. The Morgan fingerprint density at radius 2 is 1.88 bits per heavy atom. The van der Waals surface area contributed by atoms with Gasteiger partial charge in [-0.15, -0.1) is 0 Å². The van der Waals surface area contributed by atoms with Crippen LogP contribution in [-0.4, -0.2) is 74.7 Å². The topological polar surface area (TPSA) is 125 Å². The van der Waals surface area contributed by atoms with Gasteiger partial charge in [-0.3, -0.25) is 4.90 Å². The zero-order valence-electron chi connectivity index (χ0n) is 24.4. The fraction of sp³-hybridized carbons (Fsp3) is 0.364. The number of carboxylic acids is 1. The Balaban J connectivity index is 1.16. The Bertz CT molecular complexity index is 1440. The molecule has 5 rings (SSSR count). The van der Waals surface area contributed by atoms with E-state index in [9.17, 15) is 9.90 Å². The number of anilines is 2. The van der Waals surface area contributed by atoms with Crippen LogP contribution >= 0.6 is 0 Å². The van der Waals surface area contributed by atoms with Gasteiger partial charge in [0.2, 0.25) is 5.88 Å². The average Bonchev–Trinajstić information content (AvgIpc) is 3.05. The monoisotopic (exact) mass is 581 g/mol. The maximum Gasteiger partial charge on any atom is 0.326 e. The van der Waals surface area contributed by atoms with Gasteiger partial charge >= 0.3 is 5.97 Å². The second kappa shape index (κ2) is 15.6. The van der Waals surface area contributed by atoms with E-state index in [0.29, 0.717) is 37.8 Å². The number of hydrogen-bond donors (Lipinski definition) is 3. The normalized spacial score (nSPS) is 13.1. The van der Waals surface area contributed by atoms with E-state index in [2.05, 4.69) is 42.6 Å². The number of unbranched alkanes of at least 4 members (excludes halogenated alkanes) is 1. The molecular formula is C33H39N7O3. The smallest absolute Gasteiger partial charge is 0.326 e. The summed E-state index contributed by atoms with van der Waals surface area (Å²) < 4.78 is 5.85. The van der Waals surface area contributed by atoms with Crippen LogP contribution in [0.3, 0.4) is 0 Å². The van der Waals surface area contributed by atoms with E-state index in [1.165, 1.54) is 11.9 Å². The highest BCUT2D eigenvalue weighted by Gasteiger charge is 2.20. The van der Waals surface area contributed by atoms with Crippen LogP contribution in [0.25, 0.3) is 11.3 Å². The summed E-state index contributed by atoms with van der Waals surface area (Å²) in [5.74, 6) is 1.18. The third kappa shape index (κ3) is 9.21. The number of carbonyl (C=O) groups is 1. The number of benzene rings is 1. The van der Waals surface area contributed by atoms with E-state index in [-0.39, 0.29) is 0 Å². The van der Waals surface area contributed by atoms with E-state index in [1.807, 2.05) is 48.5 Å². The number of aryl methyl sites for hydroxylation is 2. The van der Waals surface area contributed by atoms with Crippen LogP contribution in [0, 0.1) is 0 Å². The van der Waals surface area contributed by atoms with Crippen molar-refractivity contribution in [2.24, 2.45) is 0 Å². The lowest BCUT2D eigenvalue weighted by molar-refractivity contribution is -0.138. The Hall–Kier alpha value is -4.57. The molecule has 4 aromatic rings. The highest BCUT2D eigenvalue weighted by Crippen LogP contribution is 2.21. The van der Waals surface area contributed by atoms with Crippen molar-refractivity contribution in [3.8, 4) is 17.1 Å². The van der Waals surface area contributed by atoms with E-state index < -0.39 is 12.0 Å². The summed E-state index contributed by atoms with van der Waals surface area (Å²) in [5, 5.41) is 16.5. The van der Waals surface area contributed by atoms with Gasteiger partial charge in [-0.2, -0.15) is 0 Å². The van der Waals surface area contributed by atoms with Crippen LogP contribution in [0.1, 0.15) is 36.9 Å². The Morgan fingerprint density at radius 1 is 1.00 bits per heavy atom. The van der Waals surface area contributed by atoms with Gasteiger partial charge in [0, 0.05) is 49.2 Å². The number of rotatable bonds is 16. The van der Waals surface area contributed by atoms with E-state index in [1.54, 1.807) is 12.3 Å². The zero-order chi connectivity index (χ0) is 29.7. The summed E-state index contributed by atoms with van der Waals surface area (Å²) in [4.78, 5) is 32.2. The average molecular weight is 582 g/mol. The minimum atomic E-state index is -0.920. The van der Waals surface area contributed by atoms with Crippen LogP contribution in [0.15, 0.2) is 79.3 Å². The van der Waals surface area contributed by atoms with Gasteiger partial charge in [0.1, 0.15) is 30.6 Å². The summed E-state index contributed by atoms with van der Waals surface area (Å²) >= 11 is 0. The number of fused-ring (bicyclic) bond motifs is 1. The molecule has 4 heterocycles. The Kier molecular flexibility index (Phi) is 10.8. The van der Waals surface area contributed by atoms with E-state index in [4.69, 9.17) is 9.72 Å². The molecule has 0 saturated heterocycles. The second-order valence-corrected chi connectivity index (χ2v) is 10.6. The highest BCUT2D eigenvalue weighted by molar-refractivity contribution is 5.77. The molecule has 43 heavy (non-hydrogen) atoms. The van der Waals surface area contributed by atoms with Crippen LogP contribution < -0.4 is 15.4 Å². The highest BCUT2D eigenvalue weighted by atomic mass is 16.5. The molecule has 0 bridgehead atoms. The third-order valence-electron chi connectivity index (χ3n) is 7.50. The number of aliphatic carboxylic acids is 1. The Labute approximate surface area is 252 Å². The van der Waals surface area contributed by atoms with Gasteiger partial charge in [0.25, 0.3) is 0 Å². The minimum Gasteiger partial charge on any atom is -0.480 e. The summed E-state index contributed by atoms with van der Waals surface area (Å²) in [6.45, 7) is 3.53. The van der Waals surface area contributed by atoms with Crippen molar-refractivity contribution < 1.29 is 14.6 Å². The number of ether oxygens (including phenoxy) is 1. The van der Waals surface area contributed by atoms with Gasteiger partial charge < -0.3 is 20.5 Å². The van der Waals surface area contributed by atoms with Crippen molar-refractivity contribution in [1.82, 2.24) is 24.8 Å². The number of aromatic nitrogens is 4. The fourth-order valence-electron chi connectivity index (χ4n) is 5.15. The molecule has 0 aliphatic carbocycles. The first-order valence-electron chi connectivity index (χ1n) is 15.0. The largest absolute Gasteiger partial charge is 0.480 e. The Morgan fingerprint density at radius 3 is 2.72 bits per heavy atom. The van der Waals surface area contributed by atoms with Crippen LogP contribution in [0.2, 0.25) is 0 Å². The molecule has 10 heteroatoms. The fourth-order valence-corrected chi connectivity index (χ4v) is 5.15. The first-order chi connectivity index (χ1) is 21.1. The maximum atomic E-state index is 12.2. The number of pyridine rings is 2. The van der Waals surface area contributed by atoms with Crippen molar-refractivity contribution in [3.63, 3.8) is 0 Å². The van der Waals surface area contributed by atoms with Crippen molar-refractivity contribution >= 4 is 17.6 Å². The molecule has 1 aliphatic rings. The summed E-state index contributed by atoms with van der Waals surface area (Å²) in [6.07, 6.45) is 8.67. The minimum absolute atomic E-state index is 0.404. The third-order valence-corrected chi connectivity index (χ3v) is 7.50. The van der Waals surface area contributed by atoms with Crippen LogP contribution in [0.5, 0.6) is 5.88 Å². The van der Waals surface area contributed by atoms with E-state index >= 15 is 0 Å². The van der Waals surface area contributed by atoms with Gasteiger partial charge in [-0.1, -0.05) is 42.5 Å². The molecule has 0 unspecified atom stereocenters. The van der Waals surface area contributed by atoms with Crippen LogP contribution in [-0.2, 0) is 17.6 Å². The standard InChI is InChI=1S/C33H39N7O3/c41-33(42)28(39-30-23-29(36-24-37-30)25-9-2-1-3-10-25)16-20-40(21-22-43-31-13-4-6-17-34-31)19-7-5-12-27-15-14-26-11-8-18-35-32(26)38-27/h1-4,6,9-10,13-15,17,23-24,28H,5,7-8,11-12,16,18-22H2,(H,35,38)(H,41,42)(H,36,37,39)/t28-/m0/s1. The maximum absolute atomic E-state index is 12.2. The predicted molar refractivity (Wildman–Crippen MR) is 167 cm³/mol. The van der Waals surface area contributed by atoms with Crippen molar-refractivity contribution in [3.05, 3.63) is 90.5 Å². The van der Waals surface area contributed by atoms with Crippen LogP contribution in [0.4, 0.5) is 11.6 Å².